The first kappa shape index (κ1) is 27.9. The van der Waals surface area contributed by atoms with Crippen molar-refractivity contribution in [1.29, 1.82) is 5.26 Å². The number of rotatable bonds is 4. The molecule has 2 amide bonds. The van der Waals surface area contributed by atoms with Crippen molar-refractivity contribution in [2.45, 2.75) is 70.2 Å². The van der Waals surface area contributed by atoms with Crippen LogP contribution in [0.25, 0.3) is 33.5 Å². The van der Waals surface area contributed by atoms with Crippen LogP contribution < -0.4 is 10.6 Å². The molecule has 4 heterocycles. The van der Waals surface area contributed by atoms with E-state index in [1.165, 1.54) is 6.07 Å². The highest BCUT2D eigenvalue weighted by Crippen LogP contribution is 2.48. The van der Waals surface area contributed by atoms with Gasteiger partial charge in [-0.1, -0.05) is 6.07 Å². The average Bonchev–Trinajstić information content (AvgIpc) is 3.40. The largest absolute Gasteiger partial charge is 0.444 e. The monoisotopic (exact) mass is 609 g/mol. The number of likely N-dealkylation sites (tertiary alicyclic amines) is 1. The van der Waals surface area contributed by atoms with Crippen LogP contribution in [0.3, 0.4) is 0 Å². The molecule has 1 saturated heterocycles. The molecule has 2 bridgehead atoms. The topological polar surface area (TPSA) is 117 Å². The lowest BCUT2D eigenvalue weighted by molar-refractivity contribution is 0.0485. The van der Waals surface area contributed by atoms with Gasteiger partial charge in [0.15, 0.2) is 5.82 Å². The zero-order valence-corrected chi connectivity index (χ0v) is 25.9. The van der Waals surface area contributed by atoms with Gasteiger partial charge >= 0.3 is 6.09 Å². The van der Waals surface area contributed by atoms with E-state index in [1.54, 1.807) is 22.6 Å². The van der Waals surface area contributed by atoms with Gasteiger partial charge in [0.05, 0.1) is 46.1 Å². The molecule has 45 heavy (non-hydrogen) atoms. The summed E-state index contributed by atoms with van der Waals surface area (Å²) in [7, 11) is 1.81. The maximum absolute atomic E-state index is 15.9. The first-order valence-electron chi connectivity index (χ1n) is 15.8. The summed E-state index contributed by atoms with van der Waals surface area (Å²) in [6.07, 6.45) is 3.49. The van der Waals surface area contributed by atoms with Crippen molar-refractivity contribution in [2.24, 2.45) is 18.9 Å². The van der Waals surface area contributed by atoms with E-state index in [1.807, 2.05) is 32.9 Å². The minimum atomic E-state index is -0.616. The number of halogens is 1. The quantitative estimate of drug-likeness (QED) is 0.306. The summed E-state index contributed by atoms with van der Waals surface area (Å²) in [5.74, 6) is 0.507. The molecule has 4 atom stereocenters. The van der Waals surface area contributed by atoms with Crippen molar-refractivity contribution in [3.63, 3.8) is 0 Å². The predicted octanol–water partition coefficient (Wildman–Crippen LogP) is 5.71. The van der Waals surface area contributed by atoms with Crippen LogP contribution in [0.1, 0.15) is 68.4 Å². The molecule has 0 radical (unpaired) electrons. The zero-order chi connectivity index (χ0) is 31.4. The number of aryl methyl sites for hydroxylation is 1. The lowest BCUT2D eigenvalue weighted by Crippen LogP contribution is -2.46. The summed E-state index contributed by atoms with van der Waals surface area (Å²) >= 11 is 0. The Labute approximate surface area is 260 Å². The summed E-state index contributed by atoms with van der Waals surface area (Å²) in [5.41, 5.74) is 3.66. The Balaban J connectivity index is 1.15. The highest BCUT2D eigenvalue weighted by molar-refractivity contribution is 6.01. The third-order valence-electron chi connectivity index (χ3n) is 10.0. The van der Waals surface area contributed by atoms with Crippen LogP contribution in [0.4, 0.5) is 14.9 Å². The standard InChI is InChI=1S/C34H36FN7O3/c1-34(2,3)45-33(44)39-27-20-9-10-24(27)41(16-20)32(43)21-11-22(35)30-23(12-21)38-31(40(30)4)25-13-18-7-8-19(14-36)28-29(18)42(25)26(15-37-28)17-5-6-17/h7-8,11-13,17,20,24,26-27,37H,5-6,9-10,15-16H2,1-4H3,(H,39,44)/t20-,24-,26?,27-/m1/s1. The fraction of sp³-hybridized carbons (Fsp3) is 0.471. The molecule has 2 aromatic heterocycles. The third kappa shape index (κ3) is 4.36. The van der Waals surface area contributed by atoms with Crippen molar-refractivity contribution in [3.8, 4) is 17.6 Å². The van der Waals surface area contributed by atoms with E-state index in [9.17, 15) is 14.9 Å². The van der Waals surface area contributed by atoms with E-state index < -0.39 is 17.5 Å². The molecule has 4 aromatic rings. The van der Waals surface area contributed by atoms with Crippen LogP contribution in [0.5, 0.6) is 0 Å². The molecule has 2 aliphatic carbocycles. The molecule has 2 saturated carbocycles. The minimum Gasteiger partial charge on any atom is -0.444 e. The van der Waals surface area contributed by atoms with Gasteiger partial charge in [-0.05, 0) is 82.6 Å². The molecule has 11 heteroatoms. The number of hydrogen-bond acceptors (Lipinski definition) is 6. The fourth-order valence-electron chi connectivity index (χ4n) is 7.97. The van der Waals surface area contributed by atoms with Crippen molar-refractivity contribution in [3.05, 3.63) is 47.3 Å². The first-order chi connectivity index (χ1) is 21.5. The molecule has 8 rings (SSSR count). The number of ether oxygens (including phenoxy) is 1. The predicted molar refractivity (Wildman–Crippen MR) is 167 cm³/mol. The van der Waals surface area contributed by atoms with Gasteiger partial charge in [-0.3, -0.25) is 4.79 Å². The number of nitriles is 1. The number of carbonyl (C=O) groups is 2. The highest BCUT2D eigenvalue weighted by atomic mass is 19.1. The number of nitrogens with one attached hydrogen (secondary N) is 2. The summed E-state index contributed by atoms with van der Waals surface area (Å²) in [5, 5.41) is 17.3. The van der Waals surface area contributed by atoms with Crippen LogP contribution in [0, 0.1) is 29.0 Å². The van der Waals surface area contributed by atoms with Crippen molar-refractivity contribution in [1.82, 2.24) is 24.3 Å². The smallest absolute Gasteiger partial charge is 0.407 e. The number of piperidine rings is 1. The number of anilines is 1. The maximum Gasteiger partial charge on any atom is 0.407 e. The second kappa shape index (κ2) is 9.70. The molecular formula is C34H36FN7O3. The van der Waals surface area contributed by atoms with Gasteiger partial charge in [-0.2, -0.15) is 5.26 Å². The number of hydrogen-bond donors (Lipinski definition) is 2. The fourth-order valence-corrected chi connectivity index (χ4v) is 7.97. The molecule has 10 nitrogen and oxygen atoms in total. The van der Waals surface area contributed by atoms with E-state index in [4.69, 9.17) is 9.72 Å². The maximum atomic E-state index is 15.9. The number of nitrogens with zero attached hydrogens (tertiary/aromatic N) is 5. The van der Waals surface area contributed by atoms with E-state index >= 15 is 4.39 Å². The Morgan fingerprint density at radius 3 is 2.60 bits per heavy atom. The molecule has 2 aromatic carbocycles. The average molecular weight is 610 g/mol. The van der Waals surface area contributed by atoms with Gasteiger partial charge in [0.2, 0.25) is 0 Å². The van der Waals surface area contributed by atoms with Crippen LogP contribution in [0.15, 0.2) is 30.3 Å². The van der Waals surface area contributed by atoms with Crippen molar-refractivity contribution >= 4 is 39.6 Å². The lowest BCUT2D eigenvalue weighted by atomic mass is 10.1. The van der Waals surface area contributed by atoms with Gasteiger partial charge in [0.25, 0.3) is 5.91 Å². The zero-order valence-electron chi connectivity index (χ0n) is 25.9. The Kier molecular flexibility index (Phi) is 6.02. The van der Waals surface area contributed by atoms with E-state index in [0.717, 1.165) is 48.0 Å². The van der Waals surface area contributed by atoms with Crippen molar-refractivity contribution < 1.29 is 18.7 Å². The summed E-state index contributed by atoms with van der Waals surface area (Å²) in [6, 6.07) is 11.0. The molecule has 1 unspecified atom stereocenters. The number of alkyl carbamates (subject to hydrolysis) is 1. The van der Waals surface area contributed by atoms with Gasteiger partial charge in [0.1, 0.15) is 23.0 Å². The summed E-state index contributed by atoms with van der Waals surface area (Å²) in [4.78, 5) is 33.1. The number of amides is 2. The Morgan fingerprint density at radius 1 is 1.09 bits per heavy atom. The Morgan fingerprint density at radius 2 is 1.87 bits per heavy atom. The van der Waals surface area contributed by atoms with Gasteiger partial charge in [0, 0.05) is 31.1 Å². The summed E-state index contributed by atoms with van der Waals surface area (Å²) in [6.45, 7) is 6.67. The van der Waals surface area contributed by atoms with Crippen molar-refractivity contribution in [2.75, 3.05) is 18.4 Å². The van der Waals surface area contributed by atoms with Crippen LogP contribution in [0.2, 0.25) is 0 Å². The van der Waals surface area contributed by atoms with Crippen LogP contribution >= 0.6 is 0 Å². The number of carbonyl (C=O) groups excluding carboxylic acids is 2. The molecule has 3 fully saturated rings. The van der Waals surface area contributed by atoms with Crippen LogP contribution in [-0.4, -0.2) is 61.8 Å². The Bertz CT molecular complexity index is 1960. The molecule has 4 aliphatic rings. The second-order valence-electron chi connectivity index (χ2n) is 14.1. The van der Waals surface area contributed by atoms with E-state index in [2.05, 4.69) is 27.3 Å². The van der Waals surface area contributed by atoms with E-state index in [-0.39, 0.29) is 35.5 Å². The number of fused-ring (bicyclic) bond motifs is 3. The van der Waals surface area contributed by atoms with Gasteiger partial charge in [-0.25, -0.2) is 14.2 Å². The SMILES string of the molecule is Cn1c(-c2cc3ccc(C#N)c4c3n2C(C2CC2)CN4)nc2cc(C(=O)N3C[C@H]4CC[C@@H]3[C@@H]4NC(=O)OC(C)(C)C)cc(F)c21. The number of imidazole rings is 1. The number of aromatic nitrogens is 3. The molecule has 232 valence electrons. The van der Waals surface area contributed by atoms with Crippen LogP contribution in [-0.2, 0) is 11.8 Å². The number of benzene rings is 2. The van der Waals surface area contributed by atoms with Gasteiger partial charge in [-0.15, -0.1) is 0 Å². The molecule has 0 spiro atoms. The summed E-state index contributed by atoms with van der Waals surface area (Å²) < 4.78 is 25.4. The minimum absolute atomic E-state index is 0.127. The third-order valence-corrected chi connectivity index (χ3v) is 10.0. The second-order valence-corrected chi connectivity index (χ2v) is 14.1. The molecule has 2 aliphatic heterocycles. The first-order valence-corrected chi connectivity index (χ1v) is 15.8. The molecule has 2 N–H and O–H groups in total. The van der Waals surface area contributed by atoms with E-state index in [0.29, 0.717) is 41.4 Å². The highest BCUT2D eigenvalue weighted by Gasteiger charge is 2.50. The lowest BCUT2D eigenvalue weighted by Gasteiger charge is -2.29. The Hall–Kier alpha value is -4.59. The van der Waals surface area contributed by atoms with Gasteiger partial charge < -0.3 is 29.4 Å². The molecular weight excluding hydrogens is 573 g/mol. The normalized spacial score (nSPS) is 23.8.